The van der Waals surface area contributed by atoms with E-state index in [1.54, 1.807) is 24.3 Å². The summed E-state index contributed by atoms with van der Waals surface area (Å²) < 4.78 is 17.5. The number of aryl methyl sites for hydroxylation is 1. The number of amides is 1. The van der Waals surface area contributed by atoms with E-state index in [1.807, 2.05) is 55.5 Å². The molecule has 0 saturated heterocycles. The summed E-state index contributed by atoms with van der Waals surface area (Å²) in [4.78, 5) is 12.7. The predicted octanol–water partition coefficient (Wildman–Crippen LogP) is 7.88. The van der Waals surface area contributed by atoms with Crippen LogP contribution in [0, 0.1) is 6.92 Å². The SMILES string of the molecule is Cc1ccc(C(C)C)cc1Oc1ccc(C(=O)NCc2c(Cl)cccc2Oc2ccccc2)o1. The van der Waals surface area contributed by atoms with Crippen LogP contribution in [-0.4, -0.2) is 5.91 Å². The zero-order chi connectivity index (χ0) is 24.1. The molecule has 0 radical (unpaired) electrons. The van der Waals surface area contributed by atoms with Gasteiger partial charge in [-0.2, -0.15) is 0 Å². The Bertz CT molecular complexity index is 1280. The lowest BCUT2D eigenvalue weighted by atomic mass is 10.0. The molecule has 0 bridgehead atoms. The van der Waals surface area contributed by atoms with E-state index in [9.17, 15) is 4.79 Å². The molecule has 0 aliphatic carbocycles. The number of nitrogens with one attached hydrogen (secondary N) is 1. The Labute approximate surface area is 204 Å². The smallest absolute Gasteiger partial charge is 0.290 e. The lowest BCUT2D eigenvalue weighted by molar-refractivity contribution is 0.0918. The maximum absolute atomic E-state index is 12.7. The summed E-state index contributed by atoms with van der Waals surface area (Å²) >= 11 is 6.39. The van der Waals surface area contributed by atoms with E-state index in [-0.39, 0.29) is 24.2 Å². The molecule has 0 atom stereocenters. The Kier molecular flexibility index (Phi) is 7.24. The van der Waals surface area contributed by atoms with Crippen molar-refractivity contribution >= 4 is 17.5 Å². The highest BCUT2D eigenvalue weighted by Gasteiger charge is 2.16. The molecule has 1 heterocycles. The topological polar surface area (TPSA) is 60.7 Å². The Balaban J connectivity index is 1.44. The highest BCUT2D eigenvalue weighted by atomic mass is 35.5. The van der Waals surface area contributed by atoms with Gasteiger partial charge in [-0.05, 0) is 60.4 Å². The maximum atomic E-state index is 12.7. The summed E-state index contributed by atoms with van der Waals surface area (Å²) in [5, 5.41) is 3.34. The fraction of sp³-hybridized carbons (Fsp3) is 0.179. The van der Waals surface area contributed by atoms with Crippen molar-refractivity contribution < 1.29 is 18.7 Å². The number of hydrogen-bond acceptors (Lipinski definition) is 4. The number of ether oxygens (including phenoxy) is 2. The van der Waals surface area contributed by atoms with E-state index in [0.717, 1.165) is 5.56 Å². The van der Waals surface area contributed by atoms with E-state index >= 15 is 0 Å². The molecule has 0 aliphatic rings. The van der Waals surface area contributed by atoms with E-state index < -0.39 is 0 Å². The van der Waals surface area contributed by atoms with Gasteiger partial charge in [0.05, 0.1) is 0 Å². The number of halogens is 1. The first-order valence-electron chi connectivity index (χ1n) is 11.1. The maximum Gasteiger partial charge on any atom is 0.290 e. The van der Waals surface area contributed by atoms with Crippen LogP contribution >= 0.6 is 11.6 Å². The van der Waals surface area contributed by atoms with Gasteiger partial charge in [-0.1, -0.05) is 61.8 Å². The summed E-state index contributed by atoms with van der Waals surface area (Å²) in [6.45, 7) is 6.39. The molecule has 1 aromatic heterocycles. The molecule has 5 nitrogen and oxygen atoms in total. The fourth-order valence-corrected chi connectivity index (χ4v) is 3.60. The van der Waals surface area contributed by atoms with Gasteiger partial charge in [-0.25, -0.2) is 0 Å². The number of para-hydroxylation sites is 1. The molecule has 0 aliphatic heterocycles. The second kappa shape index (κ2) is 10.5. The zero-order valence-electron chi connectivity index (χ0n) is 19.3. The molecule has 3 aromatic carbocycles. The third kappa shape index (κ3) is 5.61. The molecular formula is C28H26ClNO4. The molecule has 4 rings (SSSR count). The Hall–Kier alpha value is -3.70. The van der Waals surface area contributed by atoms with E-state index in [0.29, 0.717) is 33.8 Å². The molecule has 1 amide bonds. The van der Waals surface area contributed by atoms with Crippen LogP contribution in [0.5, 0.6) is 23.2 Å². The second-order valence-corrected chi connectivity index (χ2v) is 8.62. The molecule has 4 aromatic rings. The van der Waals surface area contributed by atoms with Crippen molar-refractivity contribution in [3.05, 3.63) is 106 Å². The van der Waals surface area contributed by atoms with Gasteiger partial charge in [0.2, 0.25) is 0 Å². The number of hydrogen-bond donors (Lipinski definition) is 1. The summed E-state index contributed by atoms with van der Waals surface area (Å²) in [6.07, 6.45) is 0. The number of furan rings is 1. The fourth-order valence-electron chi connectivity index (χ4n) is 3.37. The van der Waals surface area contributed by atoms with Crippen LogP contribution in [0.15, 0.2) is 83.3 Å². The van der Waals surface area contributed by atoms with Crippen molar-refractivity contribution in [2.24, 2.45) is 0 Å². The van der Waals surface area contributed by atoms with Gasteiger partial charge in [0.1, 0.15) is 17.2 Å². The van der Waals surface area contributed by atoms with E-state index in [1.165, 1.54) is 5.56 Å². The summed E-state index contributed by atoms with van der Waals surface area (Å²) in [7, 11) is 0. The Morgan fingerprint density at radius 1 is 0.941 bits per heavy atom. The largest absolute Gasteiger partial charge is 0.457 e. The van der Waals surface area contributed by atoms with Crippen molar-refractivity contribution in [1.29, 1.82) is 0 Å². The van der Waals surface area contributed by atoms with Gasteiger partial charge in [0, 0.05) is 23.2 Å². The van der Waals surface area contributed by atoms with Crippen molar-refractivity contribution in [3.63, 3.8) is 0 Å². The van der Waals surface area contributed by atoms with Crippen LogP contribution < -0.4 is 14.8 Å². The summed E-state index contributed by atoms with van der Waals surface area (Å²) in [5.74, 6) is 2.34. The van der Waals surface area contributed by atoms with Gasteiger partial charge in [-0.3, -0.25) is 4.79 Å². The van der Waals surface area contributed by atoms with Crippen LogP contribution in [0.1, 0.15) is 47.0 Å². The minimum absolute atomic E-state index is 0.144. The highest BCUT2D eigenvalue weighted by Crippen LogP contribution is 2.32. The molecule has 0 saturated carbocycles. The molecule has 34 heavy (non-hydrogen) atoms. The average Bonchev–Trinajstić information content (AvgIpc) is 3.29. The van der Waals surface area contributed by atoms with Gasteiger partial charge < -0.3 is 19.2 Å². The first kappa shape index (κ1) is 23.5. The zero-order valence-corrected chi connectivity index (χ0v) is 20.1. The molecule has 6 heteroatoms. The normalized spacial score (nSPS) is 10.9. The highest BCUT2D eigenvalue weighted by molar-refractivity contribution is 6.31. The van der Waals surface area contributed by atoms with Crippen molar-refractivity contribution in [2.45, 2.75) is 33.2 Å². The van der Waals surface area contributed by atoms with Crippen molar-refractivity contribution in [1.82, 2.24) is 5.32 Å². The van der Waals surface area contributed by atoms with Gasteiger partial charge >= 0.3 is 0 Å². The first-order valence-corrected chi connectivity index (χ1v) is 11.4. The minimum atomic E-state index is -0.381. The number of benzene rings is 3. The Morgan fingerprint density at radius 3 is 2.50 bits per heavy atom. The molecule has 0 unspecified atom stereocenters. The summed E-state index contributed by atoms with van der Waals surface area (Å²) in [5.41, 5.74) is 2.82. The van der Waals surface area contributed by atoms with E-state index in [4.69, 9.17) is 25.5 Å². The van der Waals surface area contributed by atoms with Crippen molar-refractivity contribution in [3.8, 4) is 23.2 Å². The van der Waals surface area contributed by atoms with Gasteiger partial charge in [0.15, 0.2) is 5.76 Å². The van der Waals surface area contributed by atoms with Crippen LogP contribution in [0.3, 0.4) is 0 Å². The number of rotatable bonds is 8. The number of carbonyl (C=O) groups is 1. The van der Waals surface area contributed by atoms with Crippen LogP contribution in [0.25, 0.3) is 0 Å². The molecule has 0 spiro atoms. The van der Waals surface area contributed by atoms with Crippen molar-refractivity contribution in [2.75, 3.05) is 0 Å². The average molecular weight is 476 g/mol. The van der Waals surface area contributed by atoms with Gasteiger partial charge in [0.25, 0.3) is 11.9 Å². The lowest BCUT2D eigenvalue weighted by Crippen LogP contribution is -2.22. The minimum Gasteiger partial charge on any atom is -0.457 e. The predicted molar refractivity (Wildman–Crippen MR) is 133 cm³/mol. The monoisotopic (exact) mass is 475 g/mol. The third-order valence-corrected chi connectivity index (χ3v) is 5.72. The summed E-state index contributed by atoms with van der Waals surface area (Å²) in [6, 6.07) is 24.1. The molecule has 1 N–H and O–H groups in total. The van der Waals surface area contributed by atoms with Gasteiger partial charge in [-0.15, -0.1) is 0 Å². The third-order valence-electron chi connectivity index (χ3n) is 5.37. The second-order valence-electron chi connectivity index (χ2n) is 8.21. The standard InChI is InChI=1S/C28H26ClNO4/c1-18(2)20-13-12-19(3)26(16-20)34-27-15-14-25(33-27)28(31)30-17-22-23(29)10-7-11-24(22)32-21-8-5-4-6-9-21/h4-16,18H,17H2,1-3H3,(H,30,31). The molecular weight excluding hydrogens is 450 g/mol. The van der Waals surface area contributed by atoms with Crippen LogP contribution in [-0.2, 0) is 6.54 Å². The number of carbonyl (C=O) groups excluding carboxylic acids is 1. The Morgan fingerprint density at radius 2 is 1.74 bits per heavy atom. The first-order chi connectivity index (χ1) is 16.4. The molecule has 174 valence electrons. The van der Waals surface area contributed by atoms with E-state index in [2.05, 4.69) is 25.2 Å². The molecule has 0 fully saturated rings. The van der Waals surface area contributed by atoms with Crippen LogP contribution in [0.4, 0.5) is 0 Å². The lowest BCUT2D eigenvalue weighted by Gasteiger charge is -2.13. The quantitative estimate of drug-likeness (QED) is 0.281. The van der Waals surface area contributed by atoms with Crippen LogP contribution in [0.2, 0.25) is 5.02 Å².